The monoisotopic (exact) mass is 728 g/mol. The van der Waals surface area contributed by atoms with Crippen LogP contribution in [-0.4, -0.2) is 77.9 Å². The summed E-state index contributed by atoms with van der Waals surface area (Å²) < 4.78 is 47.8. The van der Waals surface area contributed by atoms with E-state index in [1.807, 2.05) is 55.4 Å². The summed E-state index contributed by atoms with van der Waals surface area (Å²) in [6.07, 6.45) is 7.81. The maximum absolute atomic E-state index is 6.04. The molecule has 0 spiro atoms. The van der Waals surface area contributed by atoms with E-state index in [9.17, 15) is 0 Å². The van der Waals surface area contributed by atoms with Crippen molar-refractivity contribution < 1.29 is 37.4 Å². The lowest BCUT2D eigenvalue weighted by Gasteiger charge is -2.32. The van der Waals surface area contributed by atoms with E-state index < -0.39 is 14.0 Å². The van der Waals surface area contributed by atoms with Crippen LogP contribution < -0.4 is 14.9 Å². The topological polar surface area (TPSA) is 99.6 Å². The van der Waals surface area contributed by atoms with Crippen molar-refractivity contribution in [2.24, 2.45) is 0 Å². The SMILES string of the molecule is Brc1cnc2c(c1)CCCO2.CC1(C)OB(B2OC(C)(C)C(C)(C)O2)OC1(C)C.CC1(C)OB(c2cnc3c(c2)CCCO3)OC1(C)C. The van der Waals surface area contributed by atoms with Gasteiger partial charge >= 0.3 is 21.1 Å². The second-order valence-corrected chi connectivity index (χ2v) is 17.0. The van der Waals surface area contributed by atoms with Crippen molar-refractivity contribution >= 4 is 42.5 Å². The van der Waals surface area contributed by atoms with Crippen LogP contribution in [0.25, 0.3) is 0 Å². The summed E-state index contributed by atoms with van der Waals surface area (Å²) in [6, 6.07) is 4.17. The smallest absolute Gasteiger partial charge is 0.477 e. The molecule has 5 aliphatic heterocycles. The Morgan fingerprint density at radius 2 is 0.917 bits per heavy atom. The molecule has 262 valence electrons. The summed E-state index contributed by atoms with van der Waals surface area (Å²) in [6.45, 7) is 26.0. The lowest BCUT2D eigenvalue weighted by Crippen LogP contribution is -2.41. The Bertz CT molecular complexity index is 1390. The highest BCUT2D eigenvalue weighted by Gasteiger charge is 2.63. The summed E-state index contributed by atoms with van der Waals surface area (Å²) in [5.74, 6) is 1.56. The van der Waals surface area contributed by atoms with Crippen LogP contribution in [-0.2, 0) is 40.8 Å². The van der Waals surface area contributed by atoms with E-state index in [4.69, 9.17) is 37.4 Å². The fourth-order valence-electron chi connectivity index (χ4n) is 5.57. The zero-order valence-electron chi connectivity index (χ0n) is 30.8. The van der Waals surface area contributed by atoms with E-state index in [1.165, 1.54) is 5.56 Å². The Morgan fingerprint density at radius 3 is 1.35 bits per heavy atom. The van der Waals surface area contributed by atoms with Crippen LogP contribution in [0.5, 0.6) is 11.8 Å². The fraction of sp³-hybridized carbons (Fsp3) is 0.706. The Kier molecular flexibility index (Phi) is 10.5. The molecule has 3 saturated heterocycles. The fourth-order valence-corrected chi connectivity index (χ4v) is 5.95. The van der Waals surface area contributed by atoms with Gasteiger partial charge in [0.2, 0.25) is 11.8 Å². The van der Waals surface area contributed by atoms with Gasteiger partial charge in [0, 0.05) is 33.5 Å². The summed E-state index contributed by atoms with van der Waals surface area (Å²) in [5, 5.41) is 0. The van der Waals surface area contributed by atoms with Gasteiger partial charge in [-0.1, -0.05) is 6.07 Å². The molecule has 0 aromatic carbocycles. The van der Waals surface area contributed by atoms with E-state index in [-0.39, 0.29) is 40.7 Å². The Morgan fingerprint density at radius 1 is 0.542 bits per heavy atom. The summed E-state index contributed by atoms with van der Waals surface area (Å²) in [7, 11) is -1.29. The first-order valence-electron chi connectivity index (χ1n) is 17.1. The second kappa shape index (κ2) is 13.5. The van der Waals surface area contributed by atoms with Gasteiger partial charge in [-0.25, -0.2) is 9.97 Å². The van der Waals surface area contributed by atoms with Gasteiger partial charge in [0.1, 0.15) is 0 Å². The molecule has 0 unspecified atom stereocenters. The van der Waals surface area contributed by atoms with Crippen LogP contribution in [0.1, 0.15) is 107 Å². The molecular formula is C34H52B3BrN2O8. The van der Waals surface area contributed by atoms with Crippen molar-refractivity contribution in [1.29, 1.82) is 0 Å². The van der Waals surface area contributed by atoms with Crippen molar-refractivity contribution in [3.8, 4) is 11.8 Å². The van der Waals surface area contributed by atoms with Crippen molar-refractivity contribution in [2.75, 3.05) is 13.2 Å². The standard InChI is InChI=1S/C14H20BNO3.C12H24B2O4.C8H8BrNO/c1-13(2)14(3,4)19-15(18-13)11-8-10-6-5-7-17-12(10)16-9-11;1-9(2)10(3,4)16-13(15-9)14-17-11(5,6)12(7,8)18-14;9-7-4-6-2-1-3-11-8(6)10-5-7/h8-9H,5-7H2,1-4H3;1-8H3;4-5H,1-3H2. The summed E-state index contributed by atoms with van der Waals surface area (Å²) >= 11 is 3.37. The number of halogens is 1. The lowest BCUT2D eigenvalue weighted by molar-refractivity contribution is 0.00578. The maximum atomic E-state index is 6.04. The van der Waals surface area contributed by atoms with Crippen LogP contribution in [0.15, 0.2) is 29.0 Å². The average molecular weight is 729 g/mol. The molecule has 7 rings (SSSR count). The Hall–Kier alpha value is -1.67. The van der Waals surface area contributed by atoms with Gasteiger partial charge in [-0.2, -0.15) is 0 Å². The molecule has 0 atom stereocenters. The van der Waals surface area contributed by atoms with E-state index in [1.54, 1.807) is 12.4 Å². The van der Waals surface area contributed by atoms with Crippen LogP contribution >= 0.6 is 15.9 Å². The average Bonchev–Trinajstić information content (AvgIpc) is 3.46. The van der Waals surface area contributed by atoms with Gasteiger partial charge in [-0.3, -0.25) is 0 Å². The first kappa shape index (κ1) is 37.6. The third-order valence-corrected chi connectivity index (χ3v) is 11.2. The van der Waals surface area contributed by atoms with Crippen LogP contribution in [0.4, 0.5) is 0 Å². The predicted octanol–water partition coefficient (Wildman–Crippen LogP) is 6.12. The molecule has 0 bridgehead atoms. The number of hydrogen-bond donors (Lipinski definition) is 0. The highest BCUT2D eigenvalue weighted by atomic mass is 79.9. The van der Waals surface area contributed by atoms with Crippen molar-refractivity contribution in [3.63, 3.8) is 0 Å². The van der Waals surface area contributed by atoms with Crippen molar-refractivity contribution in [3.05, 3.63) is 40.1 Å². The Labute approximate surface area is 296 Å². The van der Waals surface area contributed by atoms with Gasteiger partial charge in [-0.05, 0) is 131 Å². The van der Waals surface area contributed by atoms with Crippen LogP contribution in [0.3, 0.4) is 0 Å². The third-order valence-electron chi connectivity index (χ3n) is 10.8. The molecule has 10 nitrogen and oxygen atoms in total. The maximum Gasteiger partial charge on any atom is 0.496 e. The first-order chi connectivity index (χ1) is 22.1. The molecule has 7 heterocycles. The Balaban J connectivity index is 0.000000146. The van der Waals surface area contributed by atoms with E-state index in [2.05, 4.69) is 65.7 Å². The molecule has 2 aromatic rings. The molecule has 0 saturated carbocycles. The molecule has 0 amide bonds. The molecule has 0 N–H and O–H groups in total. The molecular weight excluding hydrogens is 677 g/mol. The minimum absolute atomic E-state index is 0.315. The van der Waals surface area contributed by atoms with Crippen molar-refractivity contribution in [1.82, 2.24) is 9.97 Å². The lowest BCUT2D eigenvalue weighted by atomic mass is 9.49. The second-order valence-electron chi connectivity index (χ2n) is 16.1. The van der Waals surface area contributed by atoms with E-state index in [0.717, 1.165) is 66.2 Å². The number of ether oxygens (including phenoxy) is 2. The number of pyridine rings is 2. The highest BCUT2D eigenvalue weighted by molar-refractivity contribution is 9.10. The molecule has 5 aliphatic rings. The largest absolute Gasteiger partial charge is 0.496 e. The number of nitrogens with zero attached hydrogens (tertiary/aromatic N) is 2. The van der Waals surface area contributed by atoms with Crippen LogP contribution in [0.2, 0.25) is 0 Å². The first-order valence-corrected chi connectivity index (χ1v) is 17.9. The minimum Gasteiger partial charge on any atom is -0.477 e. The normalized spacial score (nSPS) is 25.0. The quantitative estimate of drug-likeness (QED) is 0.336. The van der Waals surface area contributed by atoms with Gasteiger partial charge in [-0.15, -0.1) is 0 Å². The van der Waals surface area contributed by atoms with Crippen molar-refractivity contribution in [2.45, 2.75) is 142 Å². The zero-order chi connectivity index (χ0) is 35.3. The number of rotatable bonds is 2. The minimum atomic E-state index is -0.476. The summed E-state index contributed by atoms with van der Waals surface area (Å²) in [5.41, 5.74) is 1.27. The molecule has 0 radical (unpaired) electrons. The van der Waals surface area contributed by atoms with Gasteiger partial charge in [0.05, 0.1) is 46.8 Å². The van der Waals surface area contributed by atoms with E-state index >= 15 is 0 Å². The van der Waals surface area contributed by atoms with Gasteiger partial charge < -0.3 is 37.4 Å². The molecule has 0 aliphatic carbocycles. The van der Waals surface area contributed by atoms with Crippen LogP contribution in [0, 0.1) is 0 Å². The molecule has 3 fully saturated rings. The molecule has 14 heteroatoms. The zero-order valence-corrected chi connectivity index (χ0v) is 32.4. The molecule has 2 aromatic heterocycles. The number of fused-ring (bicyclic) bond motifs is 2. The van der Waals surface area contributed by atoms with Gasteiger partial charge in [0.25, 0.3) is 0 Å². The van der Waals surface area contributed by atoms with Gasteiger partial charge in [0.15, 0.2) is 0 Å². The number of aromatic nitrogens is 2. The number of aryl methyl sites for hydroxylation is 2. The summed E-state index contributed by atoms with van der Waals surface area (Å²) in [4.78, 5) is 8.53. The third kappa shape index (κ3) is 7.80. The van der Waals surface area contributed by atoms with E-state index in [0.29, 0.717) is 0 Å². The highest BCUT2D eigenvalue weighted by Crippen LogP contribution is 2.43. The number of hydrogen-bond acceptors (Lipinski definition) is 10. The predicted molar refractivity (Wildman–Crippen MR) is 192 cm³/mol. The molecule has 48 heavy (non-hydrogen) atoms.